The van der Waals surface area contributed by atoms with Gasteiger partial charge in [0.05, 0.1) is 11.1 Å². The van der Waals surface area contributed by atoms with E-state index in [1.54, 1.807) is 6.20 Å². The molecule has 8 heteroatoms. The Labute approximate surface area is 121 Å². The molecular formula is C12H13ClFN3O2S. The Morgan fingerprint density at radius 1 is 1.50 bits per heavy atom. The summed E-state index contributed by atoms with van der Waals surface area (Å²) in [6.07, 6.45) is 3.61. The van der Waals surface area contributed by atoms with Crippen LogP contribution in [-0.2, 0) is 10.0 Å². The first-order valence-corrected chi connectivity index (χ1v) is 7.77. The van der Waals surface area contributed by atoms with Gasteiger partial charge in [0.2, 0.25) is 10.0 Å². The molecule has 0 aliphatic rings. The first-order valence-electron chi connectivity index (χ1n) is 5.90. The summed E-state index contributed by atoms with van der Waals surface area (Å²) in [5.74, 6) is -0.176. The van der Waals surface area contributed by atoms with Crippen molar-refractivity contribution >= 4 is 21.6 Å². The van der Waals surface area contributed by atoms with E-state index in [4.69, 9.17) is 11.6 Å². The Morgan fingerprint density at radius 3 is 2.85 bits per heavy atom. The van der Waals surface area contributed by atoms with E-state index in [9.17, 15) is 12.8 Å². The van der Waals surface area contributed by atoms with Crippen molar-refractivity contribution in [2.75, 3.05) is 0 Å². The Hall–Kier alpha value is -1.44. The molecule has 1 unspecified atom stereocenters. The molecule has 1 heterocycles. The fourth-order valence-electron chi connectivity index (χ4n) is 1.73. The minimum Gasteiger partial charge on any atom is -0.347 e. The number of rotatable bonds is 5. The van der Waals surface area contributed by atoms with Crippen LogP contribution in [0.2, 0.25) is 5.02 Å². The molecule has 5 nitrogen and oxygen atoms in total. The van der Waals surface area contributed by atoms with Crippen molar-refractivity contribution < 1.29 is 12.8 Å². The van der Waals surface area contributed by atoms with Gasteiger partial charge in [0.15, 0.2) is 0 Å². The number of hydrogen-bond acceptors (Lipinski definition) is 3. The van der Waals surface area contributed by atoms with Gasteiger partial charge in [-0.25, -0.2) is 22.5 Å². The smallest absolute Gasteiger partial charge is 0.242 e. The molecule has 2 N–H and O–H groups in total. The third kappa shape index (κ3) is 3.17. The van der Waals surface area contributed by atoms with Gasteiger partial charge in [0.1, 0.15) is 16.5 Å². The zero-order valence-corrected chi connectivity index (χ0v) is 12.2. The fourth-order valence-corrected chi connectivity index (χ4v) is 3.53. The van der Waals surface area contributed by atoms with E-state index in [2.05, 4.69) is 14.7 Å². The molecule has 108 valence electrons. The number of imidazole rings is 1. The number of aromatic amines is 1. The second-order valence-electron chi connectivity index (χ2n) is 4.13. The number of nitrogens with zero attached hydrogens (tertiary/aromatic N) is 1. The van der Waals surface area contributed by atoms with Crippen LogP contribution < -0.4 is 4.72 Å². The summed E-state index contributed by atoms with van der Waals surface area (Å²) >= 11 is 5.82. The number of halogens is 2. The lowest BCUT2D eigenvalue weighted by Gasteiger charge is -2.15. The van der Waals surface area contributed by atoms with E-state index in [1.807, 2.05) is 6.92 Å². The molecular weight excluding hydrogens is 305 g/mol. The van der Waals surface area contributed by atoms with Crippen LogP contribution >= 0.6 is 11.6 Å². The van der Waals surface area contributed by atoms with Crippen LogP contribution in [0.4, 0.5) is 4.39 Å². The summed E-state index contributed by atoms with van der Waals surface area (Å²) in [6.45, 7) is 1.81. The Kier molecular flexibility index (Phi) is 4.42. The monoisotopic (exact) mass is 317 g/mol. The largest absolute Gasteiger partial charge is 0.347 e. The van der Waals surface area contributed by atoms with Crippen LogP contribution in [0.3, 0.4) is 0 Å². The molecule has 0 spiro atoms. The van der Waals surface area contributed by atoms with Gasteiger partial charge < -0.3 is 4.98 Å². The first kappa shape index (κ1) is 15.0. The van der Waals surface area contributed by atoms with E-state index in [1.165, 1.54) is 12.3 Å². The Balaban J connectivity index is 2.33. The average Bonchev–Trinajstić information content (AvgIpc) is 2.92. The molecule has 0 aliphatic carbocycles. The predicted molar refractivity (Wildman–Crippen MR) is 73.4 cm³/mol. The summed E-state index contributed by atoms with van der Waals surface area (Å²) in [5, 5.41) is -0.0341. The number of benzene rings is 1. The SMILES string of the molecule is CCC(NS(=O)(=O)c1cc(F)ccc1Cl)c1ncc[nH]1. The number of sulfonamides is 1. The lowest BCUT2D eigenvalue weighted by atomic mass is 10.2. The second kappa shape index (κ2) is 5.90. The molecule has 0 fully saturated rings. The number of aromatic nitrogens is 2. The van der Waals surface area contributed by atoms with Crippen molar-refractivity contribution in [1.29, 1.82) is 0 Å². The van der Waals surface area contributed by atoms with Crippen molar-refractivity contribution in [3.63, 3.8) is 0 Å². The maximum Gasteiger partial charge on any atom is 0.242 e. The highest BCUT2D eigenvalue weighted by Gasteiger charge is 2.24. The molecule has 1 aromatic heterocycles. The summed E-state index contributed by atoms with van der Waals surface area (Å²) < 4.78 is 40.2. The maximum atomic E-state index is 13.2. The number of nitrogens with one attached hydrogen (secondary N) is 2. The predicted octanol–water partition coefficient (Wildman–Crippen LogP) is 2.63. The van der Waals surface area contributed by atoms with E-state index >= 15 is 0 Å². The molecule has 1 aromatic carbocycles. The van der Waals surface area contributed by atoms with Crippen molar-refractivity contribution in [3.8, 4) is 0 Å². The zero-order valence-electron chi connectivity index (χ0n) is 10.6. The number of hydrogen-bond donors (Lipinski definition) is 2. The first-order chi connectivity index (χ1) is 9.44. The van der Waals surface area contributed by atoms with Gasteiger partial charge >= 0.3 is 0 Å². The standard InChI is InChI=1S/C12H13ClFN3O2S/c1-2-10(12-15-5-6-16-12)17-20(18,19)11-7-8(14)3-4-9(11)13/h3-7,10,17H,2H2,1H3,(H,15,16). The quantitative estimate of drug-likeness (QED) is 0.890. The van der Waals surface area contributed by atoms with Crippen LogP contribution in [0, 0.1) is 5.82 Å². The highest BCUT2D eigenvalue weighted by molar-refractivity contribution is 7.89. The van der Waals surface area contributed by atoms with Gasteiger partial charge in [-0.05, 0) is 24.6 Å². The lowest BCUT2D eigenvalue weighted by Crippen LogP contribution is -2.29. The fraction of sp³-hybridized carbons (Fsp3) is 0.250. The molecule has 0 saturated carbocycles. The van der Waals surface area contributed by atoms with Gasteiger partial charge in [-0.1, -0.05) is 18.5 Å². The van der Waals surface area contributed by atoms with Crippen LogP contribution in [0.25, 0.3) is 0 Å². The Bertz CT molecular complexity index is 689. The highest BCUT2D eigenvalue weighted by Crippen LogP contribution is 2.24. The third-order valence-electron chi connectivity index (χ3n) is 2.74. The second-order valence-corrected chi connectivity index (χ2v) is 6.22. The van der Waals surface area contributed by atoms with E-state index < -0.39 is 21.9 Å². The molecule has 2 aromatic rings. The summed E-state index contributed by atoms with van der Waals surface area (Å²) in [6, 6.07) is 2.67. The van der Waals surface area contributed by atoms with Crippen molar-refractivity contribution in [2.45, 2.75) is 24.3 Å². The van der Waals surface area contributed by atoms with Crippen LogP contribution in [0.5, 0.6) is 0 Å². The molecule has 0 aliphatic heterocycles. The molecule has 2 rings (SSSR count). The lowest BCUT2D eigenvalue weighted by molar-refractivity contribution is 0.538. The number of H-pyrrole nitrogens is 1. The van der Waals surface area contributed by atoms with Crippen LogP contribution in [-0.4, -0.2) is 18.4 Å². The van der Waals surface area contributed by atoms with Gasteiger partial charge in [-0.3, -0.25) is 0 Å². The normalized spacial score (nSPS) is 13.3. The van der Waals surface area contributed by atoms with Crippen molar-refractivity contribution in [1.82, 2.24) is 14.7 Å². The average molecular weight is 318 g/mol. The van der Waals surface area contributed by atoms with E-state index in [0.717, 1.165) is 12.1 Å². The summed E-state index contributed by atoms with van der Waals surface area (Å²) in [4.78, 5) is 6.57. The molecule has 0 bridgehead atoms. The zero-order chi connectivity index (χ0) is 14.8. The van der Waals surface area contributed by atoms with Crippen molar-refractivity contribution in [2.24, 2.45) is 0 Å². The highest BCUT2D eigenvalue weighted by atomic mass is 35.5. The van der Waals surface area contributed by atoms with Crippen LogP contribution in [0.1, 0.15) is 25.2 Å². The van der Waals surface area contributed by atoms with Crippen molar-refractivity contribution in [3.05, 3.63) is 47.3 Å². The summed E-state index contributed by atoms with van der Waals surface area (Å²) in [5.41, 5.74) is 0. The van der Waals surface area contributed by atoms with Gasteiger partial charge in [-0.15, -0.1) is 0 Å². The summed E-state index contributed by atoms with van der Waals surface area (Å²) in [7, 11) is -3.93. The molecule has 20 heavy (non-hydrogen) atoms. The van der Waals surface area contributed by atoms with Crippen LogP contribution in [0.15, 0.2) is 35.5 Å². The van der Waals surface area contributed by atoms with Gasteiger partial charge in [0.25, 0.3) is 0 Å². The van der Waals surface area contributed by atoms with E-state index in [-0.39, 0.29) is 9.92 Å². The minimum absolute atomic E-state index is 0.0341. The topological polar surface area (TPSA) is 74.8 Å². The molecule has 1 atom stereocenters. The van der Waals surface area contributed by atoms with Gasteiger partial charge in [0, 0.05) is 12.4 Å². The molecule has 0 radical (unpaired) electrons. The molecule has 0 amide bonds. The molecule has 0 saturated heterocycles. The third-order valence-corrected chi connectivity index (χ3v) is 4.69. The minimum atomic E-state index is -3.93. The Morgan fingerprint density at radius 2 is 2.25 bits per heavy atom. The van der Waals surface area contributed by atoms with E-state index in [0.29, 0.717) is 12.2 Å². The maximum absolute atomic E-state index is 13.2. The van der Waals surface area contributed by atoms with Gasteiger partial charge in [-0.2, -0.15) is 0 Å².